The number of hydrogen-bond donors (Lipinski definition) is 2. The summed E-state index contributed by atoms with van der Waals surface area (Å²) in [6.07, 6.45) is -3.39. The molecule has 0 aliphatic carbocycles. The molecular formula is C22H16F3N3O5S. The van der Waals surface area contributed by atoms with Gasteiger partial charge in [0.15, 0.2) is 0 Å². The molecule has 0 radical (unpaired) electrons. The highest BCUT2D eigenvalue weighted by atomic mass is 32.2. The molecular weight excluding hydrogens is 475 g/mol. The van der Waals surface area contributed by atoms with Crippen molar-refractivity contribution in [2.24, 2.45) is 5.14 Å². The van der Waals surface area contributed by atoms with Crippen molar-refractivity contribution >= 4 is 28.0 Å². The van der Waals surface area contributed by atoms with E-state index in [1.807, 2.05) is 0 Å². The molecule has 1 aliphatic rings. The van der Waals surface area contributed by atoms with Gasteiger partial charge in [-0.3, -0.25) is 9.69 Å². The number of benzene rings is 2. The van der Waals surface area contributed by atoms with E-state index < -0.39 is 40.2 Å². The molecule has 0 atom stereocenters. The lowest BCUT2D eigenvalue weighted by Crippen LogP contribution is -2.31. The number of primary sulfonamides is 1. The van der Waals surface area contributed by atoms with E-state index in [0.717, 1.165) is 6.07 Å². The number of alkyl halides is 3. The summed E-state index contributed by atoms with van der Waals surface area (Å²) in [7, 11) is -3.85. The fourth-order valence-electron chi connectivity index (χ4n) is 3.36. The molecule has 12 heteroatoms. The van der Waals surface area contributed by atoms with E-state index in [1.165, 1.54) is 54.6 Å². The number of hydrogen-bond acceptors (Lipinski definition) is 5. The number of nitrogens with zero attached hydrogens (tertiary/aromatic N) is 1. The molecule has 0 bridgehead atoms. The Morgan fingerprint density at radius 1 is 1.00 bits per heavy atom. The van der Waals surface area contributed by atoms with E-state index in [9.17, 15) is 31.2 Å². The first-order valence-electron chi connectivity index (χ1n) is 9.66. The maximum atomic E-state index is 13.2. The molecule has 1 aliphatic heterocycles. The van der Waals surface area contributed by atoms with E-state index in [0.29, 0.717) is 16.2 Å². The predicted molar refractivity (Wildman–Crippen MR) is 114 cm³/mol. The van der Waals surface area contributed by atoms with Gasteiger partial charge in [-0.05, 0) is 48.0 Å². The van der Waals surface area contributed by atoms with Crippen LogP contribution < -0.4 is 10.5 Å². The Labute approximate surface area is 191 Å². The lowest BCUT2D eigenvalue weighted by atomic mass is 10.1. The zero-order chi connectivity index (χ0) is 24.7. The smallest absolute Gasteiger partial charge is 0.416 e. The standard InChI is InChI=1S/C22H16F3N3O5S/c23-22(24,25)17-4-2-1-3-14(17)12-28-20(29)18(27-21(28)30)11-15-7-10-19(33-15)13-5-8-16(9-6-13)34(26,31)32/h1-11H,12H2,(H,27,30)(H2,26,31,32)/b18-11+. The summed E-state index contributed by atoms with van der Waals surface area (Å²) in [6.45, 7) is -0.558. The summed E-state index contributed by atoms with van der Waals surface area (Å²) < 4.78 is 68.1. The topological polar surface area (TPSA) is 123 Å². The van der Waals surface area contributed by atoms with Crippen LogP contribution in [-0.2, 0) is 27.5 Å². The Morgan fingerprint density at radius 3 is 2.32 bits per heavy atom. The third kappa shape index (κ3) is 4.72. The molecule has 0 unspecified atom stereocenters. The normalized spacial score (nSPS) is 15.8. The lowest BCUT2D eigenvalue weighted by Gasteiger charge is -2.16. The molecule has 0 spiro atoms. The van der Waals surface area contributed by atoms with Crippen molar-refractivity contribution in [3.8, 4) is 11.3 Å². The summed E-state index contributed by atoms with van der Waals surface area (Å²) >= 11 is 0. The highest BCUT2D eigenvalue weighted by molar-refractivity contribution is 7.89. The molecule has 4 rings (SSSR count). The average molecular weight is 491 g/mol. The van der Waals surface area contributed by atoms with Gasteiger partial charge in [-0.1, -0.05) is 18.2 Å². The van der Waals surface area contributed by atoms with Crippen molar-refractivity contribution in [3.05, 3.63) is 83.2 Å². The van der Waals surface area contributed by atoms with Crippen LogP contribution in [0.25, 0.3) is 17.4 Å². The average Bonchev–Trinajstić information content (AvgIpc) is 3.33. The number of nitrogens with one attached hydrogen (secondary N) is 1. The SMILES string of the molecule is NS(=O)(=O)c1ccc(-c2ccc(/C=C3/NC(=O)N(Cc4ccccc4C(F)(F)F)C3=O)o2)cc1. The molecule has 0 saturated carbocycles. The zero-order valence-corrected chi connectivity index (χ0v) is 18.0. The van der Waals surface area contributed by atoms with Crippen LogP contribution in [0.4, 0.5) is 18.0 Å². The van der Waals surface area contributed by atoms with Gasteiger partial charge in [0, 0.05) is 11.6 Å². The van der Waals surface area contributed by atoms with E-state index in [4.69, 9.17) is 9.56 Å². The van der Waals surface area contributed by atoms with E-state index in [2.05, 4.69) is 5.32 Å². The van der Waals surface area contributed by atoms with Gasteiger partial charge >= 0.3 is 12.2 Å². The van der Waals surface area contributed by atoms with Crippen molar-refractivity contribution in [1.29, 1.82) is 0 Å². The largest absolute Gasteiger partial charge is 0.457 e. The van der Waals surface area contributed by atoms with Crippen molar-refractivity contribution in [3.63, 3.8) is 0 Å². The molecule has 8 nitrogen and oxygen atoms in total. The quantitative estimate of drug-likeness (QED) is 0.416. The molecule has 176 valence electrons. The fraction of sp³-hybridized carbons (Fsp3) is 0.0909. The Hall–Kier alpha value is -3.90. The summed E-state index contributed by atoms with van der Waals surface area (Å²) in [5.74, 6) is -0.273. The van der Waals surface area contributed by atoms with Gasteiger partial charge < -0.3 is 9.73 Å². The minimum Gasteiger partial charge on any atom is -0.457 e. The second-order valence-corrected chi connectivity index (χ2v) is 8.87. The second-order valence-electron chi connectivity index (χ2n) is 7.31. The lowest BCUT2D eigenvalue weighted by molar-refractivity contribution is -0.139. The van der Waals surface area contributed by atoms with Crippen molar-refractivity contribution in [2.45, 2.75) is 17.6 Å². The summed E-state index contributed by atoms with van der Waals surface area (Å²) in [5.41, 5.74) is -0.788. The van der Waals surface area contributed by atoms with Crippen LogP contribution in [0.2, 0.25) is 0 Å². The Morgan fingerprint density at radius 2 is 1.68 bits per heavy atom. The van der Waals surface area contributed by atoms with Gasteiger partial charge in [0.05, 0.1) is 17.0 Å². The minimum atomic E-state index is -4.63. The molecule has 34 heavy (non-hydrogen) atoms. The number of sulfonamides is 1. The maximum absolute atomic E-state index is 13.2. The summed E-state index contributed by atoms with van der Waals surface area (Å²) in [5, 5.41) is 7.40. The van der Waals surface area contributed by atoms with Gasteiger partial charge in [0.25, 0.3) is 5.91 Å². The third-order valence-corrected chi connectivity index (χ3v) is 5.92. The molecule has 1 aromatic heterocycles. The first-order chi connectivity index (χ1) is 15.9. The molecule has 3 amide bonds. The number of furan rings is 1. The maximum Gasteiger partial charge on any atom is 0.416 e. The van der Waals surface area contributed by atoms with Crippen molar-refractivity contribution in [1.82, 2.24) is 10.2 Å². The van der Waals surface area contributed by atoms with Crippen LogP contribution >= 0.6 is 0 Å². The van der Waals surface area contributed by atoms with Crippen LogP contribution in [0.15, 0.2) is 75.7 Å². The second kappa shape index (κ2) is 8.47. The Balaban J connectivity index is 1.54. The number of carbonyl (C=O) groups excluding carboxylic acids is 2. The number of imide groups is 1. The van der Waals surface area contributed by atoms with Crippen LogP contribution in [0.5, 0.6) is 0 Å². The molecule has 3 N–H and O–H groups in total. The van der Waals surface area contributed by atoms with Crippen LogP contribution in [-0.4, -0.2) is 25.3 Å². The zero-order valence-electron chi connectivity index (χ0n) is 17.2. The van der Waals surface area contributed by atoms with Crippen LogP contribution in [0.3, 0.4) is 0 Å². The van der Waals surface area contributed by atoms with Crippen molar-refractivity contribution in [2.75, 3.05) is 0 Å². The van der Waals surface area contributed by atoms with Gasteiger partial charge in [-0.25, -0.2) is 18.4 Å². The van der Waals surface area contributed by atoms with Gasteiger partial charge in [-0.2, -0.15) is 13.2 Å². The highest BCUT2D eigenvalue weighted by Gasteiger charge is 2.37. The monoisotopic (exact) mass is 491 g/mol. The van der Waals surface area contributed by atoms with E-state index >= 15 is 0 Å². The number of amides is 3. The first-order valence-corrected chi connectivity index (χ1v) is 11.2. The predicted octanol–water partition coefficient (Wildman–Crippen LogP) is 3.71. The Bertz CT molecular complexity index is 1410. The molecule has 1 fully saturated rings. The number of carbonyl (C=O) groups is 2. The van der Waals surface area contributed by atoms with Crippen LogP contribution in [0.1, 0.15) is 16.9 Å². The first kappa shape index (κ1) is 23.3. The fourth-order valence-corrected chi connectivity index (χ4v) is 3.87. The molecule has 1 saturated heterocycles. The molecule has 2 aromatic carbocycles. The third-order valence-electron chi connectivity index (χ3n) is 4.99. The molecule has 3 aromatic rings. The van der Waals surface area contributed by atoms with Crippen LogP contribution in [0, 0.1) is 0 Å². The van der Waals surface area contributed by atoms with E-state index in [-0.39, 0.29) is 21.9 Å². The minimum absolute atomic E-state index is 0.0726. The van der Waals surface area contributed by atoms with E-state index in [1.54, 1.807) is 6.07 Å². The number of rotatable bonds is 5. The van der Waals surface area contributed by atoms with Gasteiger partial charge in [0.2, 0.25) is 10.0 Å². The number of halogens is 3. The molecule has 2 heterocycles. The van der Waals surface area contributed by atoms with Crippen molar-refractivity contribution < 1.29 is 35.6 Å². The number of urea groups is 1. The van der Waals surface area contributed by atoms with Gasteiger partial charge in [-0.15, -0.1) is 0 Å². The van der Waals surface area contributed by atoms with Gasteiger partial charge in [0.1, 0.15) is 17.2 Å². The summed E-state index contributed by atoms with van der Waals surface area (Å²) in [6, 6.07) is 12.5. The number of nitrogens with two attached hydrogens (primary N) is 1. The highest BCUT2D eigenvalue weighted by Crippen LogP contribution is 2.33. The Kier molecular flexibility index (Phi) is 5.79. The summed E-state index contributed by atoms with van der Waals surface area (Å²) in [4.78, 5) is 25.5.